The molecule has 135 heavy (non-hydrogen) atoms. The zero-order valence-corrected chi connectivity index (χ0v) is 81.3. The first-order chi connectivity index (χ1) is 65.0. The Kier molecular flexibility index (Phi) is 43.9. The molecule has 0 unspecified atom stereocenters. The zero-order chi connectivity index (χ0) is 97.1. The van der Waals surface area contributed by atoms with Gasteiger partial charge >= 0.3 is 12.1 Å². The average Bonchev–Trinajstić information content (AvgIpc) is 0.877. The number of piperidine rings is 1. The van der Waals surface area contributed by atoms with Crippen molar-refractivity contribution in [2.45, 2.75) is 219 Å². The van der Waals surface area contributed by atoms with Crippen molar-refractivity contribution in [1.82, 2.24) is 44.3 Å². The van der Waals surface area contributed by atoms with Crippen molar-refractivity contribution >= 4 is 75.3 Å². The lowest BCUT2D eigenvalue weighted by atomic mass is 9.78. The number of hydrogen-bond donors (Lipinski definition) is 4. The van der Waals surface area contributed by atoms with Gasteiger partial charge in [0, 0.05) is 111 Å². The van der Waals surface area contributed by atoms with Gasteiger partial charge in [0.25, 0.3) is 17.7 Å². The van der Waals surface area contributed by atoms with Crippen LogP contribution < -0.4 is 11.5 Å². The van der Waals surface area contributed by atoms with Crippen molar-refractivity contribution in [3.05, 3.63) is 107 Å². The van der Waals surface area contributed by atoms with E-state index in [1.807, 2.05) is 92.8 Å². The molecule has 10 rings (SSSR count). The minimum absolute atomic E-state index is 0.00489. The SMILES string of the molecule is CO[C@H]1C[C@@H]2CC[C@@H](C)[C@@](O)(O2)C(=O)C(=O)N2CCCC[C@H]2C(=O)O[C@H]([C@H](C)C[C@@H]2CC[C@@H](OC(=O)N(C)CCOCCOCCOCCOCCC(=O)N(C)CCOCCOCCOCCOCCC(=O)N3CCc4cc(Cn5nc(-c6ccc7oc(N)nc7c6)c6c(N)ncnc65)ccc4C3)[C@H](OC)C2)C[C@@H](OC)[C@H](C)/C=C(\C)[C@@H](O)[C@@H](OC)C(=O)[C@H](C)C[C@H](C)/C=C/C=CC=C1C. The van der Waals surface area contributed by atoms with Crippen LogP contribution in [0.5, 0.6) is 0 Å². The van der Waals surface area contributed by atoms with Crippen molar-refractivity contribution in [3.8, 4) is 11.3 Å². The minimum atomic E-state index is -2.46. The number of hydrogen-bond acceptors (Lipinski definition) is 31. The number of aromatic nitrogens is 5. The molecule has 2 saturated heterocycles. The molecule has 1 saturated carbocycles. The Morgan fingerprint density at radius 2 is 1.33 bits per heavy atom. The van der Waals surface area contributed by atoms with E-state index in [0.717, 1.165) is 28.7 Å². The highest BCUT2D eigenvalue weighted by molar-refractivity contribution is 6.39. The van der Waals surface area contributed by atoms with Gasteiger partial charge in [-0.3, -0.25) is 24.0 Å². The van der Waals surface area contributed by atoms with E-state index >= 15 is 0 Å². The number of nitrogens with two attached hydrogens (primary N) is 2. The smallest absolute Gasteiger partial charge is 0.409 e. The predicted octanol–water partition coefficient (Wildman–Crippen LogP) is 9.82. The summed E-state index contributed by atoms with van der Waals surface area (Å²) in [5.74, 6) is -7.11. The molecule has 2 aromatic carbocycles. The molecule has 36 heteroatoms. The largest absolute Gasteiger partial charge is 0.460 e. The zero-order valence-electron chi connectivity index (χ0n) is 81.3. The number of cyclic esters (lactones) is 1. The average molecular weight is 1890 g/mol. The van der Waals surface area contributed by atoms with Gasteiger partial charge in [0.15, 0.2) is 17.0 Å². The molecule has 0 spiro atoms. The van der Waals surface area contributed by atoms with Gasteiger partial charge in [-0.25, -0.2) is 24.2 Å². The number of rotatable bonds is 41. The van der Waals surface area contributed by atoms with Gasteiger partial charge in [0.05, 0.1) is 155 Å². The summed E-state index contributed by atoms with van der Waals surface area (Å²) in [4.78, 5) is 117. The Labute approximate surface area is 793 Å². The van der Waals surface area contributed by atoms with Crippen LogP contribution >= 0.6 is 0 Å². The second-order valence-corrected chi connectivity index (χ2v) is 36.4. The van der Waals surface area contributed by atoms with E-state index < -0.39 is 102 Å². The summed E-state index contributed by atoms with van der Waals surface area (Å²) in [5, 5.41) is 29.6. The van der Waals surface area contributed by atoms with Gasteiger partial charge in [-0.05, 0) is 148 Å². The van der Waals surface area contributed by atoms with Gasteiger partial charge in [-0.1, -0.05) is 89.3 Å². The first kappa shape index (κ1) is 108. The number of amides is 4. The molecule has 3 aromatic heterocycles. The molecule has 0 radical (unpaired) electrons. The summed E-state index contributed by atoms with van der Waals surface area (Å²) in [6, 6.07) is 10.8. The molecule has 7 heterocycles. The number of oxazole rings is 1. The lowest BCUT2D eigenvalue weighted by Gasteiger charge is -2.43. The lowest BCUT2D eigenvalue weighted by Crippen LogP contribution is -2.61. The summed E-state index contributed by atoms with van der Waals surface area (Å²) in [6.07, 6.45) is 13.2. The lowest BCUT2D eigenvalue weighted by molar-refractivity contribution is -0.265. The molecule has 4 amide bonds. The highest BCUT2D eigenvalue weighted by Gasteiger charge is 2.53. The number of esters is 1. The van der Waals surface area contributed by atoms with E-state index in [4.69, 9.17) is 92.0 Å². The third-order valence-corrected chi connectivity index (χ3v) is 26.4. The first-order valence-electron chi connectivity index (χ1n) is 47.8. The Hall–Kier alpha value is -9.09. The number of Topliss-reactive ketones (excluding diaryl/α,β-unsaturated/α-hetero) is 2. The maximum atomic E-state index is 15.0. The number of aliphatic hydroxyl groups excluding tert-OH is 1. The van der Waals surface area contributed by atoms with Crippen LogP contribution in [0.4, 0.5) is 16.6 Å². The normalized spacial score (nSPS) is 26.0. The number of nitrogen functional groups attached to an aromatic ring is 2. The molecular formula is C99H147N11O25. The number of ketones is 2. The molecule has 4 aliphatic heterocycles. The highest BCUT2D eigenvalue weighted by atomic mass is 16.6. The van der Waals surface area contributed by atoms with Crippen LogP contribution in [0.15, 0.2) is 94.7 Å². The van der Waals surface area contributed by atoms with Crippen LogP contribution in [0.2, 0.25) is 0 Å². The van der Waals surface area contributed by atoms with Crippen LogP contribution in [-0.4, -0.2) is 331 Å². The molecule has 5 aliphatic rings. The van der Waals surface area contributed by atoms with E-state index in [9.17, 15) is 43.8 Å². The van der Waals surface area contributed by atoms with Gasteiger partial charge in [0.1, 0.15) is 53.8 Å². The monoisotopic (exact) mass is 1890 g/mol. The van der Waals surface area contributed by atoms with E-state index in [0.29, 0.717) is 222 Å². The molecule has 6 N–H and O–H groups in total. The standard InChI is InChI=1S/C99H147N11O25/c1-64-19-15-14-16-20-65(2)81(120-10)59-76-27-22-70(7)99(119,135-76)92(115)95(116)109-33-18-17-21-78(109)96(117)132-83(60-82(121-11)66(3)54-69(6)90(114)91(123-13)89(113)68(5)53-64)67(4)55-71-24-28-80(84(57-71)122-12)134-98(118)107(9)36-40-127-44-48-131-52-49-128-45-41-124-37-31-85(111)106(8)35-39-126-43-47-130-51-50-129-46-42-125-38-32-86(112)108-34-30-73-56-72(23-25-75(73)62-108)61-110-94-87(93(100)102-63-103-94)88(105-110)74-26-29-79-77(58-74)104-97(101)133-79/h14-16,19-20,23,25-26,29,54,56,58,63-64,66-68,70-71,76,78,80-84,90-91,114,119H,17-18,21-22,24,27-28,30-53,55,57,59-62H2,1-13H3,(H2,101,104)(H2,100,102,103)/b16-14?,19-15+,65-20?,69-54+/t64-,66-,67-,68-,70-,71+,76+,78+,80-,81+,82-,83+,84-,90-,91+,99-/m1/s1. The predicted molar refractivity (Wildman–Crippen MR) is 503 cm³/mol. The Bertz CT molecular complexity index is 4730. The molecule has 2 bridgehead atoms. The van der Waals surface area contributed by atoms with E-state index in [2.05, 4.69) is 33.2 Å². The van der Waals surface area contributed by atoms with Gasteiger partial charge < -0.3 is 117 Å². The fourth-order valence-corrected chi connectivity index (χ4v) is 18.2. The van der Waals surface area contributed by atoms with Gasteiger partial charge in [-0.15, -0.1) is 0 Å². The third kappa shape index (κ3) is 31.7. The second kappa shape index (κ2) is 54.9. The third-order valence-electron chi connectivity index (χ3n) is 26.4. The fraction of sp³-hybridized carbons (Fsp3) is 0.667. The summed E-state index contributed by atoms with van der Waals surface area (Å²) in [7, 11) is 9.51. The number of benzene rings is 2. The summed E-state index contributed by atoms with van der Waals surface area (Å²) in [5.41, 5.74) is 20.1. The molecule has 3 fully saturated rings. The number of fused-ring (bicyclic) bond motifs is 6. The van der Waals surface area contributed by atoms with Crippen molar-refractivity contribution in [1.29, 1.82) is 0 Å². The summed E-state index contributed by atoms with van der Waals surface area (Å²) < 4.78 is 95.5. The molecule has 748 valence electrons. The maximum Gasteiger partial charge on any atom is 0.409 e. The molecule has 16 atom stereocenters. The van der Waals surface area contributed by atoms with Crippen molar-refractivity contribution in [2.75, 3.05) is 186 Å². The van der Waals surface area contributed by atoms with Crippen LogP contribution in [0.1, 0.15) is 155 Å². The van der Waals surface area contributed by atoms with Crippen molar-refractivity contribution in [2.24, 2.45) is 35.5 Å². The van der Waals surface area contributed by atoms with Crippen LogP contribution in [0.3, 0.4) is 0 Å². The fourth-order valence-electron chi connectivity index (χ4n) is 18.2. The molecular weight excluding hydrogens is 1740 g/mol. The van der Waals surface area contributed by atoms with Gasteiger partial charge in [0.2, 0.25) is 17.6 Å². The number of nitrogens with zero attached hydrogens (tertiary/aromatic N) is 9. The second-order valence-electron chi connectivity index (χ2n) is 36.4. The number of likely N-dealkylation sites (N-methyl/N-ethyl adjacent to an activating group) is 2. The Balaban J connectivity index is 0.551. The number of carbonyl (C=O) groups excluding carboxylic acids is 7. The Morgan fingerprint density at radius 3 is 1.99 bits per heavy atom. The van der Waals surface area contributed by atoms with E-state index in [1.165, 1.54) is 28.8 Å². The Morgan fingerprint density at radius 1 is 0.667 bits per heavy atom. The number of aliphatic hydroxyl groups is 2. The van der Waals surface area contributed by atoms with Crippen LogP contribution in [-0.2, 0) is 119 Å². The van der Waals surface area contributed by atoms with Crippen LogP contribution in [0, 0.1) is 35.5 Å². The number of carbonyl (C=O) groups is 7. The number of methoxy groups -OCH3 is 4. The minimum Gasteiger partial charge on any atom is -0.460 e. The molecule has 1 aliphatic carbocycles. The van der Waals surface area contributed by atoms with E-state index in [1.54, 1.807) is 60.2 Å². The number of ether oxygens (including phenoxy) is 15. The van der Waals surface area contributed by atoms with E-state index in [-0.39, 0.29) is 93.4 Å². The number of anilines is 2. The molecule has 5 aromatic rings. The summed E-state index contributed by atoms with van der Waals surface area (Å²) in [6.45, 7) is 20.7. The van der Waals surface area contributed by atoms with Crippen molar-refractivity contribution in [3.63, 3.8) is 0 Å². The quantitative estimate of drug-likeness (QED) is 0.0122. The maximum absolute atomic E-state index is 15.0. The topological polar surface area (TPSA) is 433 Å². The highest BCUT2D eigenvalue weighted by Crippen LogP contribution is 2.40. The van der Waals surface area contributed by atoms with Gasteiger partial charge in [-0.2, -0.15) is 10.1 Å². The summed E-state index contributed by atoms with van der Waals surface area (Å²) >= 11 is 0. The molecule has 36 nitrogen and oxygen atoms in total. The first-order valence-corrected chi connectivity index (χ1v) is 47.8. The number of allylic oxidation sites excluding steroid dienone is 5. The van der Waals surface area contributed by atoms with Crippen LogP contribution in [0.25, 0.3) is 33.4 Å². The van der Waals surface area contributed by atoms with Crippen molar-refractivity contribution < 1.29 is 119 Å².